The number of carbonyl (C=O) groups excluding carboxylic acids is 1. The molecule has 5 heteroatoms. The topological polar surface area (TPSA) is 75.6 Å². The van der Waals surface area contributed by atoms with E-state index in [1.54, 1.807) is 6.92 Å². The Labute approximate surface area is 123 Å². The predicted octanol–water partition coefficient (Wildman–Crippen LogP) is 3.53. The molecule has 0 aliphatic rings. The first-order valence-corrected chi connectivity index (χ1v) is 7.42. The monoisotopic (exact) mass is 289 g/mol. The van der Waals surface area contributed by atoms with E-state index in [0.717, 1.165) is 19.3 Å². The van der Waals surface area contributed by atoms with Gasteiger partial charge in [-0.1, -0.05) is 33.6 Å². The van der Waals surface area contributed by atoms with Crippen molar-refractivity contribution in [3.8, 4) is 0 Å². The smallest absolute Gasteiger partial charge is 0.306 e. The summed E-state index contributed by atoms with van der Waals surface area (Å²) in [5.74, 6) is -1.19. The number of amides is 1. The summed E-state index contributed by atoms with van der Waals surface area (Å²) < 4.78 is 0. The Morgan fingerprint density at radius 2 is 1.70 bits per heavy atom. The van der Waals surface area contributed by atoms with Crippen LogP contribution in [-0.2, 0) is 14.4 Å². The van der Waals surface area contributed by atoms with Crippen molar-refractivity contribution in [1.29, 1.82) is 0 Å². The lowest BCUT2D eigenvalue weighted by Crippen LogP contribution is -2.33. The molecule has 20 heavy (non-hydrogen) atoms. The summed E-state index contributed by atoms with van der Waals surface area (Å²) in [6.45, 7) is 11.3. The molecule has 0 rings (SSSR count). The van der Waals surface area contributed by atoms with E-state index >= 15 is 0 Å². The lowest BCUT2D eigenvalue weighted by Gasteiger charge is -2.18. The molecule has 0 heterocycles. The highest BCUT2D eigenvalue weighted by atomic mass is 16.7. The van der Waals surface area contributed by atoms with Gasteiger partial charge >= 0.3 is 5.97 Å². The Bertz CT molecular complexity index is 272. The zero-order valence-electron chi connectivity index (χ0n) is 13.8. The van der Waals surface area contributed by atoms with E-state index in [-0.39, 0.29) is 17.4 Å². The summed E-state index contributed by atoms with van der Waals surface area (Å²) in [5, 5.41) is 8.69. The van der Waals surface area contributed by atoms with Crippen LogP contribution in [0.25, 0.3) is 0 Å². The van der Waals surface area contributed by atoms with Gasteiger partial charge in [0.1, 0.15) is 0 Å². The third kappa shape index (κ3) is 15.0. The van der Waals surface area contributed by atoms with Crippen molar-refractivity contribution in [1.82, 2.24) is 5.48 Å². The van der Waals surface area contributed by atoms with Crippen LogP contribution in [0.2, 0.25) is 0 Å². The molecule has 0 aliphatic carbocycles. The summed E-state index contributed by atoms with van der Waals surface area (Å²) in [4.78, 5) is 27.1. The fraction of sp³-hybridized carbons (Fsp3) is 0.867. The standard InChI is InChI=1S/C13H25NO4.C2H6/c1-10(12(16)17)8-6-5-7-9-11(15)14-18-13(2,3)4;1-2/h10H,5-9H2,1-4H3,(H,14,15)(H,16,17);1-2H3. The summed E-state index contributed by atoms with van der Waals surface area (Å²) in [7, 11) is 0. The number of aliphatic carboxylic acids is 1. The van der Waals surface area contributed by atoms with E-state index in [4.69, 9.17) is 9.94 Å². The van der Waals surface area contributed by atoms with E-state index in [0.29, 0.717) is 12.8 Å². The average molecular weight is 289 g/mol. The number of carbonyl (C=O) groups is 2. The summed E-state index contributed by atoms with van der Waals surface area (Å²) in [5.41, 5.74) is 2.03. The third-order valence-electron chi connectivity index (χ3n) is 2.43. The largest absolute Gasteiger partial charge is 0.481 e. The number of rotatable bonds is 8. The molecule has 0 radical (unpaired) electrons. The fourth-order valence-corrected chi connectivity index (χ4v) is 1.30. The van der Waals surface area contributed by atoms with E-state index < -0.39 is 5.97 Å². The van der Waals surface area contributed by atoms with Crippen molar-refractivity contribution < 1.29 is 19.5 Å². The highest BCUT2D eigenvalue weighted by Crippen LogP contribution is 2.11. The van der Waals surface area contributed by atoms with Gasteiger partial charge in [-0.3, -0.25) is 14.4 Å². The Hall–Kier alpha value is -1.10. The molecule has 0 aromatic carbocycles. The van der Waals surface area contributed by atoms with Gasteiger partial charge in [0.15, 0.2) is 0 Å². The predicted molar refractivity (Wildman–Crippen MR) is 80.2 cm³/mol. The second kappa shape index (κ2) is 11.7. The molecule has 1 unspecified atom stereocenters. The van der Waals surface area contributed by atoms with Crippen LogP contribution in [0.15, 0.2) is 0 Å². The SMILES string of the molecule is CC.CC(CCCCCC(=O)NOC(C)(C)C)C(=O)O. The fourth-order valence-electron chi connectivity index (χ4n) is 1.30. The molecule has 0 aliphatic heterocycles. The molecule has 1 atom stereocenters. The molecule has 0 spiro atoms. The summed E-state index contributed by atoms with van der Waals surface area (Å²) in [6, 6.07) is 0. The minimum absolute atomic E-state index is 0.129. The van der Waals surface area contributed by atoms with Gasteiger partial charge in [-0.2, -0.15) is 0 Å². The molecule has 1 amide bonds. The van der Waals surface area contributed by atoms with E-state index in [1.807, 2.05) is 34.6 Å². The highest BCUT2D eigenvalue weighted by Gasteiger charge is 2.13. The zero-order chi connectivity index (χ0) is 16.2. The van der Waals surface area contributed by atoms with Crippen LogP contribution in [0.3, 0.4) is 0 Å². The second-order valence-corrected chi connectivity index (χ2v) is 5.58. The Kier molecular flexibility index (Phi) is 12.4. The van der Waals surface area contributed by atoms with Gasteiger partial charge < -0.3 is 5.11 Å². The molecule has 5 nitrogen and oxygen atoms in total. The molecule has 0 bridgehead atoms. The molecule has 120 valence electrons. The minimum atomic E-state index is -0.758. The van der Waals surface area contributed by atoms with Gasteiger partial charge in [0, 0.05) is 6.42 Å². The first kappa shape index (κ1) is 21.2. The summed E-state index contributed by atoms with van der Waals surface area (Å²) in [6.07, 6.45) is 3.53. The molecule has 0 aromatic heterocycles. The van der Waals surface area contributed by atoms with Crippen molar-refractivity contribution >= 4 is 11.9 Å². The van der Waals surface area contributed by atoms with Gasteiger partial charge in [-0.25, -0.2) is 5.48 Å². The van der Waals surface area contributed by atoms with Crippen LogP contribution in [0.1, 0.15) is 73.6 Å². The van der Waals surface area contributed by atoms with Crippen LogP contribution in [0.4, 0.5) is 0 Å². The molecule has 0 fully saturated rings. The molecule has 0 aromatic rings. The van der Waals surface area contributed by atoms with E-state index in [1.165, 1.54) is 0 Å². The lowest BCUT2D eigenvalue weighted by molar-refractivity contribution is -0.145. The van der Waals surface area contributed by atoms with Gasteiger partial charge in [0.25, 0.3) is 0 Å². The first-order chi connectivity index (χ1) is 9.22. The molecule has 0 saturated carbocycles. The number of hydrogen-bond acceptors (Lipinski definition) is 3. The maximum absolute atomic E-state index is 11.4. The minimum Gasteiger partial charge on any atom is -0.481 e. The van der Waals surface area contributed by atoms with Crippen molar-refractivity contribution in [3.05, 3.63) is 0 Å². The summed E-state index contributed by atoms with van der Waals surface area (Å²) >= 11 is 0. The van der Waals surface area contributed by atoms with Crippen LogP contribution >= 0.6 is 0 Å². The highest BCUT2D eigenvalue weighted by molar-refractivity contribution is 5.74. The van der Waals surface area contributed by atoms with Crippen molar-refractivity contribution in [2.24, 2.45) is 5.92 Å². The number of nitrogens with one attached hydrogen (secondary N) is 1. The van der Waals surface area contributed by atoms with E-state index in [2.05, 4.69) is 5.48 Å². The number of unbranched alkanes of at least 4 members (excludes halogenated alkanes) is 2. The Morgan fingerprint density at radius 1 is 1.15 bits per heavy atom. The van der Waals surface area contributed by atoms with Gasteiger partial charge in [-0.05, 0) is 33.6 Å². The average Bonchev–Trinajstić information content (AvgIpc) is 2.37. The zero-order valence-corrected chi connectivity index (χ0v) is 13.8. The van der Waals surface area contributed by atoms with Crippen molar-refractivity contribution in [2.75, 3.05) is 0 Å². The van der Waals surface area contributed by atoms with Crippen LogP contribution in [-0.4, -0.2) is 22.6 Å². The Morgan fingerprint density at radius 3 is 2.15 bits per heavy atom. The molecular weight excluding hydrogens is 258 g/mol. The van der Waals surface area contributed by atoms with Crippen LogP contribution in [0.5, 0.6) is 0 Å². The first-order valence-electron chi connectivity index (χ1n) is 7.42. The van der Waals surface area contributed by atoms with Gasteiger partial charge in [0.2, 0.25) is 5.91 Å². The third-order valence-corrected chi connectivity index (χ3v) is 2.43. The van der Waals surface area contributed by atoms with Crippen molar-refractivity contribution in [2.45, 2.75) is 79.2 Å². The maximum Gasteiger partial charge on any atom is 0.306 e. The van der Waals surface area contributed by atoms with Gasteiger partial charge in [-0.15, -0.1) is 0 Å². The lowest BCUT2D eigenvalue weighted by atomic mass is 10.0. The number of hydroxylamine groups is 1. The molecule has 0 saturated heterocycles. The maximum atomic E-state index is 11.4. The molecule has 2 N–H and O–H groups in total. The second-order valence-electron chi connectivity index (χ2n) is 5.58. The number of carboxylic acid groups (broad SMARTS) is 1. The van der Waals surface area contributed by atoms with Gasteiger partial charge in [0.05, 0.1) is 11.5 Å². The Balaban J connectivity index is 0. The quantitative estimate of drug-likeness (QED) is 0.529. The van der Waals surface area contributed by atoms with Crippen LogP contribution < -0.4 is 5.48 Å². The number of carboxylic acids is 1. The number of hydrogen-bond donors (Lipinski definition) is 2. The molecular formula is C15H31NO4. The van der Waals surface area contributed by atoms with Crippen molar-refractivity contribution in [3.63, 3.8) is 0 Å². The van der Waals surface area contributed by atoms with Crippen LogP contribution in [0, 0.1) is 5.92 Å². The normalized spacial score (nSPS) is 12.1. The van der Waals surface area contributed by atoms with E-state index in [9.17, 15) is 9.59 Å².